The van der Waals surface area contributed by atoms with Crippen molar-refractivity contribution in [1.29, 1.82) is 0 Å². The molecule has 0 bridgehead atoms. The number of rotatable bonds is 5. The summed E-state index contributed by atoms with van der Waals surface area (Å²) in [6.07, 6.45) is -0.157. The van der Waals surface area contributed by atoms with E-state index < -0.39 is 21.8 Å². The highest BCUT2D eigenvalue weighted by Gasteiger charge is 2.40. The Labute approximate surface area is 151 Å². The maximum atomic E-state index is 12.5. The van der Waals surface area contributed by atoms with Gasteiger partial charge in [0.05, 0.1) is 18.4 Å². The number of methoxy groups -OCH3 is 1. The second kappa shape index (κ2) is 6.80. The van der Waals surface area contributed by atoms with Crippen LogP contribution in [0.25, 0.3) is 0 Å². The van der Waals surface area contributed by atoms with E-state index in [1.807, 2.05) is 13.0 Å². The zero-order valence-corrected chi connectivity index (χ0v) is 15.2. The number of ether oxygens (including phenoxy) is 1. The number of benzene rings is 2. The van der Waals surface area contributed by atoms with E-state index in [9.17, 15) is 18.0 Å². The van der Waals surface area contributed by atoms with Gasteiger partial charge in [-0.15, -0.1) is 0 Å². The van der Waals surface area contributed by atoms with Gasteiger partial charge in [-0.1, -0.05) is 18.2 Å². The van der Waals surface area contributed by atoms with Crippen molar-refractivity contribution in [3.63, 3.8) is 0 Å². The molecule has 0 saturated heterocycles. The third kappa shape index (κ3) is 3.15. The minimum absolute atomic E-state index is 0.0224. The molecule has 7 nitrogen and oxygen atoms in total. The van der Waals surface area contributed by atoms with Crippen LogP contribution >= 0.6 is 0 Å². The van der Waals surface area contributed by atoms with E-state index in [-0.39, 0.29) is 23.4 Å². The zero-order valence-electron chi connectivity index (χ0n) is 14.4. The highest BCUT2D eigenvalue weighted by atomic mass is 32.2. The van der Waals surface area contributed by atoms with Crippen LogP contribution in [0, 0.1) is 6.92 Å². The number of anilines is 1. The van der Waals surface area contributed by atoms with Crippen LogP contribution in [-0.2, 0) is 14.8 Å². The van der Waals surface area contributed by atoms with E-state index in [2.05, 4.69) is 5.32 Å². The average Bonchev–Trinajstić information content (AvgIpc) is 2.80. The van der Waals surface area contributed by atoms with Crippen molar-refractivity contribution in [3.05, 3.63) is 53.6 Å². The lowest BCUT2D eigenvalue weighted by atomic mass is 10.2. The Kier molecular flexibility index (Phi) is 4.69. The normalized spacial score (nSPS) is 14.8. The summed E-state index contributed by atoms with van der Waals surface area (Å²) in [7, 11) is -2.41. The highest BCUT2D eigenvalue weighted by molar-refractivity contribution is 7.90. The number of carbonyl (C=O) groups is 2. The van der Waals surface area contributed by atoms with E-state index in [1.165, 1.54) is 19.2 Å². The van der Waals surface area contributed by atoms with Crippen molar-refractivity contribution in [1.82, 2.24) is 4.31 Å². The SMILES string of the molecule is COc1ccc(C)cc1NC(=O)CCN1C(=O)c2ccccc2S1(=O)=O. The quantitative estimate of drug-likeness (QED) is 0.866. The Morgan fingerprint density at radius 1 is 1.19 bits per heavy atom. The summed E-state index contributed by atoms with van der Waals surface area (Å²) in [6.45, 7) is 1.65. The van der Waals surface area contributed by atoms with Crippen LogP contribution in [0.4, 0.5) is 5.69 Å². The molecule has 1 heterocycles. The monoisotopic (exact) mass is 374 g/mol. The maximum Gasteiger partial charge on any atom is 0.269 e. The van der Waals surface area contributed by atoms with Crippen LogP contribution in [0.15, 0.2) is 47.4 Å². The summed E-state index contributed by atoms with van der Waals surface area (Å²) in [5.74, 6) is -0.518. The lowest BCUT2D eigenvalue weighted by Crippen LogP contribution is -2.33. The fraction of sp³-hybridized carbons (Fsp3) is 0.222. The lowest BCUT2D eigenvalue weighted by molar-refractivity contribution is -0.116. The van der Waals surface area contributed by atoms with Gasteiger partial charge in [-0.05, 0) is 36.8 Å². The topological polar surface area (TPSA) is 92.8 Å². The van der Waals surface area contributed by atoms with Crippen molar-refractivity contribution in [3.8, 4) is 5.75 Å². The molecule has 26 heavy (non-hydrogen) atoms. The first kappa shape index (κ1) is 17.9. The number of hydrogen-bond donors (Lipinski definition) is 1. The van der Waals surface area contributed by atoms with E-state index in [0.29, 0.717) is 11.4 Å². The number of nitrogens with one attached hydrogen (secondary N) is 1. The maximum absolute atomic E-state index is 12.5. The van der Waals surface area contributed by atoms with Gasteiger partial charge >= 0.3 is 0 Å². The standard InChI is InChI=1S/C18H18N2O5S/c1-12-7-8-15(25-2)14(11-12)19-17(21)9-10-20-18(22)13-5-3-4-6-16(13)26(20,23)24/h3-8,11H,9-10H2,1-2H3,(H,19,21). The van der Waals surface area contributed by atoms with E-state index in [4.69, 9.17) is 4.74 Å². The molecule has 0 saturated carbocycles. The number of fused-ring (bicyclic) bond motifs is 1. The predicted molar refractivity (Wildman–Crippen MR) is 95.6 cm³/mol. The predicted octanol–water partition coefficient (Wildman–Crippen LogP) is 2.18. The third-order valence-electron chi connectivity index (χ3n) is 4.08. The molecule has 0 aromatic heterocycles. The molecular formula is C18H18N2O5S. The van der Waals surface area contributed by atoms with Gasteiger partial charge < -0.3 is 10.1 Å². The Hall–Kier alpha value is -2.87. The van der Waals surface area contributed by atoms with Gasteiger partial charge in [-0.25, -0.2) is 12.7 Å². The summed E-state index contributed by atoms with van der Waals surface area (Å²) in [5.41, 5.74) is 1.57. The minimum atomic E-state index is -3.90. The molecule has 3 rings (SSSR count). The molecule has 1 N–H and O–H groups in total. The van der Waals surface area contributed by atoms with Crippen molar-refractivity contribution in [2.75, 3.05) is 19.0 Å². The summed E-state index contributed by atoms with van der Waals surface area (Å²) in [6, 6.07) is 11.4. The molecule has 2 aromatic carbocycles. The fourth-order valence-corrected chi connectivity index (χ4v) is 4.36. The van der Waals surface area contributed by atoms with E-state index in [0.717, 1.165) is 9.87 Å². The van der Waals surface area contributed by atoms with Crippen molar-refractivity contribution in [2.24, 2.45) is 0 Å². The summed E-state index contributed by atoms with van der Waals surface area (Å²) < 4.78 is 30.9. The molecule has 8 heteroatoms. The molecular weight excluding hydrogens is 356 g/mol. The van der Waals surface area contributed by atoms with Crippen LogP contribution < -0.4 is 10.1 Å². The molecule has 0 radical (unpaired) electrons. The summed E-state index contributed by atoms with van der Waals surface area (Å²) >= 11 is 0. The average molecular weight is 374 g/mol. The van der Waals surface area contributed by atoms with Crippen LogP contribution in [0.3, 0.4) is 0 Å². The molecule has 2 amide bonds. The zero-order chi connectivity index (χ0) is 18.9. The number of carbonyl (C=O) groups excluding carboxylic acids is 2. The van der Waals surface area contributed by atoms with Gasteiger partial charge in [0, 0.05) is 13.0 Å². The molecule has 0 atom stereocenters. The molecule has 0 aliphatic carbocycles. The van der Waals surface area contributed by atoms with Gasteiger partial charge in [-0.3, -0.25) is 9.59 Å². The second-order valence-corrected chi connectivity index (χ2v) is 7.71. The third-order valence-corrected chi connectivity index (χ3v) is 5.92. The Morgan fingerprint density at radius 3 is 2.62 bits per heavy atom. The Morgan fingerprint density at radius 2 is 1.92 bits per heavy atom. The lowest BCUT2D eigenvalue weighted by Gasteiger charge is -2.15. The number of aryl methyl sites for hydroxylation is 1. The minimum Gasteiger partial charge on any atom is -0.495 e. The molecule has 0 fully saturated rings. The molecule has 1 aliphatic heterocycles. The molecule has 0 unspecified atom stereocenters. The molecule has 1 aliphatic rings. The van der Waals surface area contributed by atoms with Crippen LogP contribution in [0.5, 0.6) is 5.75 Å². The number of nitrogens with zero attached hydrogens (tertiary/aromatic N) is 1. The number of sulfonamides is 1. The van der Waals surface area contributed by atoms with Crippen LogP contribution in [-0.4, -0.2) is 38.2 Å². The fourth-order valence-electron chi connectivity index (χ4n) is 2.79. The Bertz CT molecular complexity index is 985. The first-order valence-corrected chi connectivity index (χ1v) is 9.39. The smallest absolute Gasteiger partial charge is 0.269 e. The Balaban J connectivity index is 1.71. The second-order valence-electron chi connectivity index (χ2n) is 5.88. The number of hydrogen-bond acceptors (Lipinski definition) is 5. The first-order valence-electron chi connectivity index (χ1n) is 7.95. The van der Waals surface area contributed by atoms with Crippen molar-refractivity contribution < 1.29 is 22.7 Å². The molecule has 2 aromatic rings. The van der Waals surface area contributed by atoms with Gasteiger partial charge in [0.25, 0.3) is 15.9 Å². The van der Waals surface area contributed by atoms with Crippen molar-refractivity contribution in [2.45, 2.75) is 18.2 Å². The van der Waals surface area contributed by atoms with Gasteiger partial charge in [0.2, 0.25) is 5.91 Å². The number of amides is 2. The molecule has 0 spiro atoms. The van der Waals surface area contributed by atoms with E-state index >= 15 is 0 Å². The highest BCUT2D eigenvalue weighted by Crippen LogP contribution is 2.30. The summed E-state index contributed by atoms with van der Waals surface area (Å²) in [4.78, 5) is 24.5. The van der Waals surface area contributed by atoms with Crippen LogP contribution in [0.1, 0.15) is 22.3 Å². The van der Waals surface area contributed by atoms with Gasteiger partial charge in [0.15, 0.2) is 0 Å². The van der Waals surface area contributed by atoms with Gasteiger partial charge in [-0.2, -0.15) is 0 Å². The van der Waals surface area contributed by atoms with E-state index in [1.54, 1.807) is 24.3 Å². The summed E-state index contributed by atoms with van der Waals surface area (Å²) in [5, 5.41) is 2.69. The largest absolute Gasteiger partial charge is 0.495 e. The van der Waals surface area contributed by atoms with Crippen molar-refractivity contribution >= 4 is 27.5 Å². The first-order chi connectivity index (χ1) is 12.3. The molecule has 136 valence electrons. The van der Waals surface area contributed by atoms with Crippen LogP contribution in [0.2, 0.25) is 0 Å². The van der Waals surface area contributed by atoms with Gasteiger partial charge in [0.1, 0.15) is 10.6 Å².